The van der Waals surface area contributed by atoms with Gasteiger partial charge in [-0.05, 0) is 43.7 Å². The molecule has 3 rings (SSSR count). The first-order valence-electron chi connectivity index (χ1n) is 6.46. The van der Waals surface area contributed by atoms with Crippen LogP contribution >= 0.6 is 0 Å². The molecule has 0 saturated heterocycles. The van der Waals surface area contributed by atoms with Crippen LogP contribution in [0.25, 0.3) is 16.9 Å². The minimum atomic E-state index is 0.689. The van der Waals surface area contributed by atoms with Gasteiger partial charge in [0, 0.05) is 24.2 Å². The van der Waals surface area contributed by atoms with Crippen LogP contribution in [0.5, 0.6) is 0 Å². The van der Waals surface area contributed by atoms with Crippen LogP contribution in [-0.4, -0.2) is 20.9 Å². The van der Waals surface area contributed by atoms with Gasteiger partial charge in [-0.2, -0.15) is 0 Å². The van der Waals surface area contributed by atoms with Crippen LogP contribution in [0.4, 0.5) is 0 Å². The Morgan fingerprint density at radius 3 is 2.89 bits per heavy atom. The number of nitrogens with two attached hydrogens (primary N) is 1. The van der Waals surface area contributed by atoms with E-state index >= 15 is 0 Å². The summed E-state index contributed by atoms with van der Waals surface area (Å²) >= 11 is 0. The third-order valence-corrected chi connectivity index (χ3v) is 3.16. The van der Waals surface area contributed by atoms with Crippen molar-refractivity contribution in [1.29, 1.82) is 0 Å². The van der Waals surface area contributed by atoms with E-state index in [9.17, 15) is 0 Å². The Bertz CT molecular complexity index is 673. The van der Waals surface area contributed by atoms with Gasteiger partial charge in [-0.1, -0.05) is 6.07 Å². The second kappa shape index (κ2) is 5.20. The van der Waals surface area contributed by atoms with Gasteiger partial charge in [-0.3, -0.25) is 9.38 Å². The fourth-order valence-electron chi connectivity index (χ4n) is 2.25. The molecule has 4 nitrogen and oxygen atoms in total. The number of nitrogens with zero attached hydrogens (tertiary/aromatic N) is 3. The smallest absolute Gasteiger partial charge is 0.146 e. The normalized spacial score (nSPS) is 11.0. The first-order valence-corrected chi connectivity index (χ1v) is 6.46. The molecular formula is C15H16N4. The number of pyridine rings is 2. The van der Waals surface area contributed by atoms with Crippen molar-refractivity contribution in [3.05, 3.63) is 54.6 Å². The molecule has 96 valence electrons. The van der Waals surface area contributed by atoms with Crippen LogP contribution in [0.3, 0.4) is 0 Å². The average Bonchev–Trinajstić information content (AvgIpc) is 2.85. The van der Waals surface area contributed by atoms with Crippen LogP contribution in [0, 0.1) is 0 Å². The van der Waals surface area contributed by atoms with Gasteiger partial charge in [0.05, 0.1) is 11.2 Å². The zero-order valence-corrected chi connectivity index (χ0v) is 10.7. The van der Waals surface area contributed by atoms with Gasteiger partial charge < -0.3 is 5.73 Å². The highest BCUT2D eigenvalue weighted by atomic mass is 15.0. The molecule has 19 heavy (non-hydrogen) atoms. The van der Waals surface area contributed by atoms with Crippen molar-refractivity contribution in [3.63, 3.8) is 0 Å². The SMILES string of the molecule is NCCCc1nc(-c2cccnc2)n2ccccc12. The summed E-state index contributed by atoms with van der Waals surface area (Å²) in [5.74, 6) is 0.940. The standard InChI is InChI=1S/C15H16N4/c16-8-3-6-13-14-7-1-2-10-19(14)15(18-13)12-5-4-9-17-11-12/h1-2,4-5,7,9-11H,3,6,8,16H2. The molecule has 0 aliphatic carbocycles. The minimum Gasteiger partial charge on any atom is -0.330 e. The van der Waals surface area contributed by atoms with Crippen LogP contribution < -0.4 is 5.73 Å². The zero-order valence-electron chi connectivity index (χ0n) is 10.7. The Balaban J connectivity index is 2.15. The summed E-state index contributed by atoms with van der Waals surface area (Å²) in [5.41, 5.74) is 8.87. The van der Waals surface area contributed by atoms with E-state index in [2.05, 4.69) is 15.5 Å². The number of hydrogen-bond acceptors (Lipinski definition) is 3. The Morgan fingerprint density at radius 1 is 1.16 bits per heavy atom. The van der Waals surface area contributed by atoms with Crippen molar-refractivity contribution in [2.45, 2.75) is 12.8 Å². The van der Waals surface area contributed by atoms with Crippen molar-refractivity contribution in [1.82, 2.24) is 14.4 Å². The van der Waals surface area contributed by atoms with Crippen molar-refractivity contribution >= 4 is 5.52 Å². The largest absolute Gasteiger partial charge is 0.330 e. The summed E-state index contributed by atoms with van der Waals surface area (Å²) in [6.45, 7) is 0.689. The molecule has 0 bridgehead atoms. The summed E-state index contributed by atoms with van der Waals surface area (Å²) < 4.78 is 2.11. The molecule has 0 amide bonds. The maximum Gasteiger partial charge on any atom is 0.146 e. The number of aryl methyl sites for hydroxylation is 1. The third-order valence-electron chi connectivity index (χ3n) is 3.16. The van der Waals surface area contributed by atoms with E-state index in [0.29, 0.717) is 6.54 Å². The number of fused-ring (bicyclic) bond motifs is 1. The van der Waals surface area contributed by atoms with Gasteiger partial charge in [0.2, 0.25) is 0 Å². The van der Waals surface area contributed by atoms with E-state index in [-0.39, 0.29) is 0 Å². The molecule has 0 radical (unpaired) electrons. The summed E-state index contributed by atoms with van der Waals surface area (Å²) in [6.07, 6.45) is 7.51. The maximum absolute atomic E-state index is 5.59. The third kappa shape index (κ3) is 2.22. The van der Waals surface area contributed by atoms with Gasteiger partial charge in [0.25, 0.3) is 0 Å². The quantitative estimate of drug-likeness (QED) is 0.775. The second-order valence-corrected chi connectivity index (χ2v) is 4.47. The van der Waals surface area contributed by atoms with E-state index in [1.54, 1.807) is 6.20 Å². The van der Waals surface area contributed by atoms with Crippen LogP contribution in [-0.2, 0) is 6.42 Å². The lowest BCUT2D eigenvalue weighted by Gasteiger charge is -1.99. The summed E-state index contributed by atoms with van der Waals surface area (Å²) in [5, 5.41) is 0. The van der Waals surface area contributed by atoms with E-state index in [1.165, 1.54) is 0 Å². The molecule has 0 fully saturated rings. The van der Waals surface area contributed by atoms with Crippen molar-refractivity contribution in [2.75, 3.05) is 6.54 Å². The summed E-state index contributed by atoms with van der Waals surface area (Å²) in [4.78, 5) is 8.93. The molecule has 0 saturated carbocycles. The molecule has 3 aromatic rings. The molecule has 2 N–H and O–H groups in total. The van der Waals surface area contributed by atoms with Crippen LogP contribution in [0.2, 0.25) is 0 Å². The molecule has 3 aromatic heterocycles. The van der Waals surface area contributed by atoms with Crippen LogP contribution in [0.1, 0.15) is 12.1 Å². The zero-order chi connectivity index (χ0) is 13.1. The van der Waals surface area contributed by atoms with Gasteiger partial charge in [-0.15, -0.1) is 0 Å². The number of imidazole rings is 1. The Hall–Kier alpha value is -2.20. The summed E-state index contributed by atoms with van der Waals surface area (Å²) in [7, 11) is 0. The monoisotopic (exact) mass is 252 g/mol. The average molecular weight is 252 g/mol. The predicted molar refractivity (Wildman–Crippen MR) is 75.8 cm³/mol. The molecule has 0 aromatic carbocycles. The summed E-state index contributed by atoms with van der Waals surface area (Å²) in [6, 6.07) is 10.1. The van der Waals surface area contributed by atoms with Gasteiger partial charge >= 0.3 is 0 Å². The van der Waals surface area contributed by atoms with E-state index in [0.717, 1.165) is 35.4 Å². The Labute approximate surface area is 111 Å². The van der Waals surface area contributed by atoms with Gasteiger partial charge in [-0.25, -0.2) is 4.98 Å². The lowest BCUT2D eigenvalue weighted by Crippen LogP contribution is -2.00. The first-order chi connectivity index (χ1) is 9.40. The van der Waals surface area contributed by atoms with Gasteiger partial charge in [0.15, 0.2) is 0 Å². The first kappa shape index (κ1) is 11.9. The van der Waals surface area contributed by atoms with E-state index in [1.807, 2.05) is 36.7 Å². The minimum absolute atomic E-state index is 0.689. The maximum atomic E-state index is 5.59. The molecule has 0 aliphatic rings. The van der Waals surface area contributed by atoms with Crippen molar-refractivity contribution < 1.29 is 0 Å². The highest BCUT2D eigenvalue weighted by Crippen LogP contribution is 2.22. The van der Waals surface area contributed by atoms with Crippen molar-refractivity contribution in [3.8, 4) is 11.4 Å². The molecule has 0 unspecified atom stereocenters. The molecule has 0 aliphatic heterocycles. The molecular weight excluding hydrogens is 236 g/mol. The molecule has 3 heterocycles. The number of hydrogen-bond donors (Lipinski definition) is 1. The highest BCUT2D eigenvalue weighted by molar-refractivity contribution is 5.64. The van der Waals surface area contributed by atoms with Crippen LogP contribution in [0.15, 0.2) is 48.9 Å². The molecule has 0 spiro atoms. The fourth-order valence-corrected chi connectivity index (χ4v) is 2.25. The topological polar surface area (TPSA) is 56.2 Å². The lowest BCUT2D eigenvalue weighted by molar-refractivity contribution is 0.820. The lowest BCUT2D eigenvalue weighted by atomic mass is 10.2. The Morgan fingerprint density at radius 2 is 2.11 bits per heavy atom. The van der Waals surface area contributed by atoms with E-state index in [4.69, 9.17) is 10.7 Å². The van der Waals surface area contributed by atoms with Crippen molar-refractivity contribution in [2.24, 2.45) is 5.73 Å². The van der Waals surface area contributed by atoms with E-state index < -0.39 is 0 Å². The highest BCUT2D eigenvalue weighted by Gasteiger charge is 2.11. The molecule has 4 heteroatoms. The predicted octanol–water partition coefficient (Wildman–Crippen LogP) is 2.29. The number of aromatic nitrogens is 3. The second-order valence-electron chi connectivity index (χ2n) is 4.47. The van der Waals surface area contributed by atoms with Gasteiger partial charge in [0.1, 0.15) is 5.82 Å². The fraction of sp³-hybridized carbons (Fsp3) is 0.200. The Kier molecular flexibility index (Phi) is 3.25. The number of rotatable bonds is 4. The molecule has 0 atom stereocenters.